The lowest BCUT2D eigenvalue weighted by Crippen LogP contribution is -2.49. The Kier molecular flexibility index (Phi) is 4.62. The van der Waals surface area contributed by atoms with Gasteiger partial charge in [-0.05, 0) is 38.8 Å². The number of carbonyl (C=O) groups excluding carboxylic acids is 1. The maximum atomic E-state index is 12.7. The molecule has 3 unspecified atom stereocenters. The van der Waals surface area contributed by atoms with Crippen molar-refractivity contribution in [3.05, 3.63) is 0 Å². The summed E-state index contributed by atoms with van der Waals surface area (Å²) in [5.74, 6) is 0.814. The number of carbonyl (C=O) groups is 1. The van der Waals surface area contributed by atoms with Crippen molar-refractivity contribution in [2.24, 2.45) is 17.6 Å². The van der Waals surface area contributed by atoms with E-state index in [-0.39, 0.29) is 12.0 Å². The molecule has 3 atom stereocenters. The minimum absolute atomic E-state index is 0.0576. The highest BCUT2D eigenvalue weighted by Crippen LogP contribution is 2.30. The van der Waals surface area contributed by atoms with Crippen LogP contribution in [0.1, 0.15) is 32.6 Å². The molecule has 0 aromatic heterocycles. The van der Waals surface area contributed by atoms with Gasteiger partial charge in [0, 0.05) is 25.7 Å². The molecule has 4 heteroatoms. The van der Waals surface area contributed by atoms with Crippen LogP contribution in [0.25, 0.3) is 0 Å². The summed E-state index contributed by atoms with van der Waals surface area (Å²) in [5, 5.41) is 0. The molecule has 0 radical (unpaired) electrons. The molecule has 0 spiro atoms. The number of amides is 1. The topological polar surface area (TPSA) is 49.6 Å². The molecule has 1 amide bonds. The van der Waals surface area contributed by atoms with Gasteiger partial charge in [-0.2, -0.15) is 0 Å². The minimum Gasteiger partial charge on any atom is -0.341 e. The summed E-state index contributed by atoms with van der Waals surface area (Å²) in [6.07, 6.45) is 4.42. The number of hydrogen-bond acceptors (Lipinski definition) is 3. The van der Waals surface area contributed by atoms with E-state index < -0.39 is 0 Å². The summed E-state index contributed by atoms with van der Waals surface area (Å²) in [7, 11) is 2.13. The first-order chi connectivity index (χ1) is 8.59. The second-order valence-electron chi connectivity index (χ2n) is 6.08. The van der Waals surface area contributed by atoms with Gasteiger partial charge in [-0.3, -0.25) is 4.79 Å². The van der Waals surface area contributed by atoms with E-state index in [0.29, 0.717) is 11.8 Å². The van der Waals surface area contributed by atoms with Crippen LogP contribution in [0.4, 0.5) is 0 Å². The van der Waals surface area contributed by atoms with E-state index in [1.165, 1.54) is 6.42 Å². The van der Waals surface area contributed by atoms with E-state index in [0.717, 1.165) is 45.4 Å². The van der Waals surface area contributed by atoms with E-state index in [1.807, 2.05) is 0 Å². The van der Waals surface area contributed by atoms with Crippen molar-refractivity contribution in [3.63, 3.8) is 0 Å². The lowest BCUT2D eigenvalue weighted by atomic mass is 9.76. The quantitative estimate of drug-likeness (QED) is 0.756. The average molecular weight is 253 g/mol. The first-order valence-electron chi connectivity index (χ1n) is 7.32. The third kappa shape index (κ3) is 3.04. The molecule has 18 heavy (non-hydrogen) atoms. The van der Waals surface area contributed by atoms with Crippen molar-refractivity contribution in [3.8, 4) is 0 Å². The van der Waals surface area contributed by atoms with Gasteiger partial charge >= 0.3 is 0 Å². The van der Waals surface area contributed by atoms with Crippen LogP contribution in [0.3, 0.4) is 0 Å². The molecule has 4 nitrogen and oxygen atoms in total. The Hall–Kier alpha value is -0.610. The number of likely N-dealkylation sites (N-methyl/N-ethyl adjacent to an activating group) is 1. The second-order valence-corrected chi connectivity index (χ2v) is 6.08. The zero-order valence-electron chi connectivity index (χ0n) is 11.8. The first kappa shape index (κ1) is 13.8. The molecule has 2 N–H and O–H groups in total. The minimum atomic E-state index is 0.0576. The third-order valence-electron chi connectivity index (χ3n) is 4.59. The maximum Gasteiger partial charge on any atom is 0.227 e. The predicted octanol–water partition coefficient (Wildman–Crippen LogP) is 0.914. The van der Waals surface area contributed by atoms with Gasteiger partial charge in [0.05, 0.1) is 5.92 Å². The number of nitrogens with two attached hydrogens (primary N) is 1. The summed E-state index contributed by atoms with van der Waals surface area (Å²) >= 11 is 0. The van der Waals surface area contributed by atoms with Crippen LogP contribution in [-0.2, 0) is 4.79 Å². The molecule has 104 valence electrons. The fourth-order valence-corrected chi connectivity index (χ4v) is 3.36. The highest BCUT2D eigenvalue weighted by atomic mass is 16.2. The normalized spacial score (nSPS) is 35.3. The number of nitrogens with zero attached hydrogens (tertiary/aromatic N) is 2. The second kappa shape index (κ2) is 6.02. The molecule has 2 fully saturated rings. The van der Waals surface area contributed by atoms with E-state index in [9.17, 15) is 4.79 Å². The molecule has 0 aromatic carbocycles. The molecular weight excluding hydrogens is 226 g/mol. The molecule has 2 rings (SSSR count). The van der Waals surface area contributed by atoms with Gasteiger partial charge in [-0.15, -0.1) is 0 Å². The summed E-state index contributed by atoms with van der Waals surface area (Å²) < 4.78 is 0. The van der Waals surface area contributed by atoms with Crippen molar-refractivity contribution in [1.82, 2.24) is 9.80 Å². The summed E-state index contributed by atoms with van der Waals surface area (Å²) in [4.78, 5) is 17.0. The van der Waals surface area contributed by atoms with Crippen LogP contribution >= 0.6 is 0 Å². The van der Waals surface area contributed by atoms with Crippen LogP contribution in [0, 0.1) is 11.8 Å². The van der Waals surface area contributed by atoms with Crippen LogP contribution < -0.4 is 5.73 Å². The maximum absolute atomic E-state index is 12.7. The summed E-state index contributed by atoms with van der Waals surface area (Å²) in [6, 6.07) is 0.0715. The van der Waals surface area contributed by atoms with Crippen molar-refractivity contribution >= 4 is 5.91 Å². The monoisotopic (exact) mass is 253 g/mol. The fraction of sp³-hybridized carbons (Fsp3) is 0.929. The van der Waals surface area contributed by atoms with Gasteiger partial charge in [-0.25, -0.2) is 0 Å². The van der Waals surface area contributed by atoms with Crippen LogP contribution in [0.15, 0.2) is 0 Å². The van der Waals surface area contributed by atoms with E-state index in [4.69, 9.17) is 5.73 Å². The standard InChI is InChI=1S/C14H27N3O/c1-11-5-3-6-12(15)13(11)14(18)17-8-4-7-16(2)9-10-17/h11-13H,3-10,15H2,1-2H3. The Morgan fingerprint density at radius 2 is 1.89 bits per heavy atom. The highest BCUT2D eigenvalue weighted by molar-refractivity contribution is 5.80. The number of rotatable bonds is 1. The SMILES string of the molecule is CC1CCCC(N)C1C(=O)N1CCCN(C)CC1. The molecule has 1 heterocycles. The van der Waals surface area contributed by atoms with Gasteiger partial charge in [0.1, 0.15) is 0 Å². The Morgan fingerprint density at radius 1 is 1.11 bits per heavy atom. The van der Waals surface area contributed by atoms with Crippen LogP contribution in [0.5, 0.6) is 0 Å². The molecule has 1 aliphatic heterocycles. The summed E-state index contributed by atoms with van der Waals surface area (Å²) in [6.45, 7) is 6.04. The molecule has 1 saturated heterocycles. The van der Waals surface area contributed by atoms with Gasteiger partial charge in [0.2, 0.25) is 5.91 Å². The Bertz CT molecular complexity index is 285. The highest BCUT2D eigenvalue weighted by Gasteiger charge is 2.36. The molecular formula is C14H27N3O. The lowest BCUT2D eigenvalue weighted by Gasteiger charge is -2.36. The molecule has 2 aliphatic rings. The molecule has 0 aromatic rings. The van der Waals surface area contributed by atoms with Gasteiger partial charge in [0.25, 0.3) is 0 Å². The molecule has 1 saturated carbocycles. The lowest BCUT2D eigenvalue weighted by molar-refractivity contribution is -0.138. The van der Waals surface area contributed by atoms with Crippen molar-refractivity contribution in [1.29, 1.82) is 0 Å². The molecule has 0 bridgehead atoms. The Balaban J connectivity index is 2.00. The summed E-state index contributed by atoms with van der Waals surface area (Å²) in [5.41, 5.74) is 6.19. The van der Waals surface area contributed by atoms with Crippen molar-refractivity contribution in [2.45, 2.75) is 38.6 Å². The third-order valence-corrected chi connectivity index (χ3v) is 4.59. The van der Waals surface area contributed by atoms with Gasteiger partial charge in [-0.1, -0.05) is 13.3 Å². The van der Waals surface area contributed by atoms with E-state index in [1.54, 1.807) is 0 Å². The van der Waals surface area contributed by atoms with Crippen LogP contribution in [-0.4, -0.2) is 55.0 Å². The number of hydrogen-bond donors (Lipinski definition) is 1. The van der Waals surface area contributed by atoms with Crippen LogP contribution in [0.2, 0.25) is 0 Å². The zero-order valence-corrected chi connectivity index (χ0v) is 11.8. The van der Waals surface area contributed by atoms with E-state index in [2.05, 4.69) is 23.8 Å². The molecule has 1 aliphatic carbocycles. The van der Waals surface area contributed by atoms with Crippen molar-refractivity contribution < 1.29 is 4.79 Å². The Morgan fingerprint density at radius 3 is 2.61 bits per heavy atom. The smallest absolute Gasteiger partial charge is 0.227 e. The van der Waals surface area contributed by atoms with Gasteiger partial charge in [0.15, 0.2) is 0 Å². The largest absolute Gasteiger partial charge is 0.341 e. The fourth-order valence-electron chi connectivity index (χ4n) is 3.36. The average Bonchev–Trinajstić information content (AvgIpc) is 2.53. The van der Waals surface area contributed by atoms with Gasteiger partial charge < -0.3 is 15.5 Å². The predicted molar refractivity (Wildman–Crippen MR) is 73.2 cm³/mol. The van der Waals surface area contributed by atoms with Crippen molar-refractivity contribution in [2.75, 3.05) is 33.2 Å². The van der Waals surface area contributed by atoms with E-state index >= 15 is 0 Å². The zero-order chi connectivity index (χ0) is 13.1. The first-order valence-corrected chi connectivity index (χ1v) is 7.32. The Labute approximate surface area is 110 Å².